The predicted molar refractivity (Wildman–Crippen MR) is 230 cm³/mol. The van der Waals surface area contributed by atoms with Crippen LogP contribution in [0.4, 0.5) is 0 Å². The van der Waals surface area contributed by atoms with Gasteiger partial charge in [0.15, 0.2) is 23.3 Å². The Bertz CT molecular complexity index is 3540. The molecule has 0 aliphatic heterocycles. The van der Waals surface area contributed by atoms with Gasteiger partial charge in [-0.3, -0.25) is 0 Å². The van der Waals surface area contributed by atoms with E-state index in [-0.39, 0.29) is 0 Å². The summed E-state index contributed by atoms with van der Waals surface area (Å²) >= 11 is 1.70. The molecule has 8 heteroatoms. The van der Waals surface area contributed by atoms with Crippen molar-refractivity contribution in [2.75, 3.05) is 0 Å². The third kappa shape index (κ3) is 5.08. The van der Waals surface area contributed by atoms with Gasteiger partial charge in [-0.15, -0.1) is 11.3 Å². The van der Waals surface area contributed by atoms with Crippen molar-refractivity contribution in [3.63, 3.8) is 0 Å². The monoisotopic (exact) mass is 749 g/mol. The van der Waals surface area contributed by atoms with Gasteiger partial charge >= 0.3 is 0 Å². The van der Waals surface area contributed by atoms with Crippen molar-refractivity contribution in [2.24, 2.45) is 0 Å². The van der Waals surface area contributed by atoms with Gasteiger partial charge in [0.2, 0.25) is 0 Å². The molecule has 5 heterocycles. The Morgan fingerprint density at radius 3 is 1.82 bits per heavy atom. The number of thiophene rings is 1. The first-order chi connectivity index (χ1) is 28.2. The van der Waals surface area contributed by atoms with E-state index in [2.05, 4.69) is 72.8 Å². The maximum Gasteiger partial charge on any atom is 0.164 e. The number of aromatic nitrogens is 5. The number of fused-ring (bicyclic) bond motifs is 9. The Hall–Kier alpha value is -7.55. The van der Waals surface area contributed by atoms with E-state index in [0.29, 0.717) is 23.3 Å². The zero-order valence-electron chi connectivity index (χ0n) is 30.0. The number of rotatable bonds is 5. The summed E-state index contributed by atoms with van der Waals surface area (Å²) in [4.78, 5) is 25.8. The van der Waals surface area contributed by atoms with E-state index in [4.69, 9.17) is 33.8 Å². The van der Waals surface area contributed by atoms with Crippen molar-refractivity contribution >= 4 is 75.5 Å². The molecule has 266 valence electrons. The molecule has 0 fully saturated rings. The molecule has 12 rings (SSSR count). The van der Waals surface area contributed by atoms with Crippen molar-refractivity contribution in [3.8, 4) is 56.8 Å². The molecule has 0 saturated heterocycles. The quantitative estimate of drug-likeness (QED) is 0.173. The average Bonchev–Trinajstić information content (AvgIpc) is 3.98. The summed E-state index contributed by atoms with van der Waals surface area (Å²) in [5.41, 5.74) is 9.36. The summed E-state index contributed by atoms with van der Waals surface area (Å²) in [5.74, 6) is 2.37. The molecule has 0 bridgehead atoms. The minimum absolute atomic E-state index is 0.551. The van der Waals surface area contributed by atoms with Gasteiger partial charge in [0.05, 0.1) is 15.9 Å². The molecule has 0 radical (unpaired) electrons. The second-order valence-corrected chi connectivity index (χ2v) is 15.0. The Balaban J connectivity index is 1.09. The third-order valence-electron chi connectivity index (χ3n) is 10.6. The van der Waals surface area contributed by atoms with E-state index in [1.54, 1.807) is 11.3 Å². The molecule has 5 aromatic heterocycles. The zero-order valence-corrected chi connectivity index (χ0v) is 30.9. The van der Waals surface area contributed by atoms with Crippen LogP contribution in [0.2, 0.25) is 0 Å². The summed E-state index contributed by atoms with van der Waals surface area (Å²) in [6.07, 6.45) is 0. The van der Waals surface area contributed by atoms with Gasteiger partial charge in [0.25, 0.3) is 0 Å². The predicted octanol–water partition coefficient (Wildman–Crippen LogP) is 13.2. The van der Waals surface area contributed by atoms with E-state index in [1.807, 2.05) is 91.0 Å². The van der Waals surface area contributed by atoms with Crippen LogP contribution >= 0.6 is 11.3 Å². The van der Waals surface area contributed by atoms with Gasteiger partial charge in [-0.2, -0.15) is 0 Å². The molecule has 57 heavy (non-hydrogen) atoms. The number of para-hydroxylation sites is 2. The van der Waals surface area contributed by atoms with Crippen LogP contribution in [0.15, 0.2) is 173 Å². The van der Waals surface area contributed by atoms with Crippen LogP contribution in [0, 0.1) is 0 Å². The number of hydrogen-bond donors (Lipinski definition) is 0. The SMILES string of the molecule is c1ccc(-c2nc(-c3ccc4oc5ccccc5c4c3)nc(-c3cccc4oc5c(-c6nc(-c7ccccc7)nc7c6sc6ccccc67)cccc5c34)n2)cc1. The van der Waals surface area contributed by atoms with Crippen LogP contribution in [-0.4, -0.2) is 24.9 Å². The first-order valence-electron chi connectivity index (χ1n) is 18.7. The van der Waals surface area contributed by atoms with Crippen LogP contribution in [-0.2, 0) is 0 Å². The largest absolute Gasteiger partial charge is 0.456 e. The molecule has 0 aliphatic carbocycles. The smallest absolute Gasteiger partial charge is 0.164 e. The summed E-state index contributed by atoms with van der Waals surface area (Å²) in [6.45, 7) is 0. The van der Waals surface area contributed by atoms with Gasteiger partial charge in [-0.1, -0.05) is 121 Å². The Labute approximate surface area is 328 Å². The second-order valence-electron chi connectivity index (χ2n) is 14.0. The lowest BCUT2D eigenvalue weighted by molar-refractivity contribution is 0.669. The van der Waals surface area contributed by atoms with Gasteiger partial charge in [-0.05, 0) is 42.5 Å². The Morgan fingerprint density at radius 2 is 1.00 bits per heavy atom. The highest BCUT2D eigenvalue weighted by Crippen LogP contribution is 2.44. The minimum Gasteiger partial charge on any atom is -0.456 e. The molecule has 0 aliphatic rings. The van der Waals surface area contributed by atoms with E-state index < -0.39 is 0 Å². The molecule has 0 spiro atoms. The fraction of sp³-hybridized carbons (Fsp3) is 0. The molecular weight excluding hydrogens is 723 g/mol. The minimum atomic E-state index is 0.551. The van der Waals surface area contributed by atoms with Crippen LogP contribution in [0.5, 0.6) is 0 Å². The van der Waals surface area contributed by atoms with Crippen molar-refractivity contribution in [2.45, 2.75) is 0 Å². The standard InChI is InChI=1S/C49H27N5O2S/c1-3-13-28(14-4-1)46-50-42-32-18-8-10-24-40(32)57-45(42)43(51-46)35-21-11-19-33-41-34(20-12-23-39(41)56-44(33)35)49-53-47(29-15-5-2-6-16-29)52-48(54-49)30-25-26-38-36(27-30)31-17-7-9-22-37(31)55-38/h1-27H. The van der Waals surface area contributed by atoms with Crippen LogP contribution in [0.1, 0.15) is 0 Å². The summed E-state index contributed by atoms with van der Waals surface area (Å²) in [5, 5.41) is 5.03. The average molecular weight is 750 g/mol. The Morgan fingerprint density at radius 1 is 0.386 bits per heavy atom. The molecule has 12 aromatic rings. The lowest BCUT2D eigenvalue weighted by Crippen LogP contribution is -2.00. The van der Waals surface area contributed by atoms with Crippen LogP contribution in [0.3, 0.4) is 0 Å². The summed E-state index contributed by atoms with van der Waals surface area (Å²) < 4.78 is 15.2. The molecule has 0 saturated carbocycles. The highest BCUT2D eigenvalue weighted by Gasteiger charge is 2.23. The molecule has 0 N–H and O–H groups in total. The van der Waals surface area contributed by atoms with Crippen molar-refractivity contribution in [1.82, 2.24) is 24.9 Å². The Kier molecular flexibility index (Phi) is 6.96. The molecule has 0 amide bonds. The number of hydrogen-bond acceptors (Lipinski definition) is 8. The normalized spacial score (nSPS) is 11.9. The molecule has 7 aromatic carbocycles. The molecule has 0 unspecified atom stereocenters. The first-order valence-corrected chi connectivity index (χ1v) is 19.5. The van der Waals surface area contributed by atoms with E-state index >= 15 is 0 Å². The summed E-state index contributed by atoms with van der Waals surface area (Å²) in [6, 6.07) is 55.1. The molecule has 7 nitrogen and oxygen atoms in total. The second kappa shape index (κ2) is 12.5. The highest BCUT2D eigenvalue weighted by atomic mass is 32.1. The van der Waals surface area contributed by atoms with Gasteiger partial charge in [-0.25, -0.2) is 24.9 Å². The number of nitrogens with zero attached hydrogens (tertiary/aromatic N) is 5. The van der Waals surface area contributed by atoms with Crippen molar-refractivity contribution in [3.05, 3.63) is 164 Å². The van der Waals surface area contributed by atoms with Gasteiger partial charge in [0.1, 0.15) is 22.3 Å². The number of furan rings is 2. The number of benzene rings is 7. The molecular formula is C49H27N5O2S. The molecule has 0 atom stereocenters. The van der Waals surface area contributed by atoms with Gasteiger partial charge < -0.3 is 8.83 Å². The van der Waals surface area contributed by atoms with Crippen molar-refractivity contribution < 1.29 is 8.83 Å². The van der Waals surface area contributed by atoms with Crippen LogP contribution < -0.4 is 0 Å². The highest BCUT2D eigenvalue weighted by molar-refractivity contribution is 7.26. The zero-order chi connectivity index (χ0) is 37.5. The van der Waals surface area contributed by atoms with Gasteiger partial charge in [0, 0.05) is 59.4 Å². The topological polar surface area (TPSA) is 90.7 Å². The van der Waals surface area contributed by atoms with Crippen LogP contribution in [0.25, 0.3) is 121 Å². The van der Waals surface area contributed by atoms with E-state index in [0.717, 1.165) is 97.7 Å². The maximum absolute atomic E-state index is 6.84. The lowest BCUT2D eigenvalue weighted by atomic mass is 10.0. The van der Waals surface area contributed by atoms with Crippen molar-refractivity contribution in [1.29, 1.82) is 0 Å². The van der Waals surface area contributed by atoms with E-state index in [9.17, 15) is 0 Å². The third-order valence-corrected chi connectivity index (χ3v) is 11.7. The lowest BCUT2D eigenvalue weighted by Gasteiger charge is -2.09. The first kappa shape index (κ1) is 31.8. The fourth-order valence-electron chi connectivity index (χ4n) is 7.92. The van der Waals surface area contributed by atoms with E-state index in [1.165, 1.54) is 0 Å². The summed E-state index contributed by atoms with van der Waals surface area (Å²) in [7, 11) is 0. The maximum atomic E-state index is 6.84. The fourth-order valence-corrected chi connectivity index (χ4v) is 9.06.